The number of allylic oxidation sites excluding steroid dienone is 1. The van der Waals surface area contributed by atoms with Gasteiger partial charge in [-0.05, 0) is 38.5 Å². The van der Waals surface area contributed by atoms with Gasteiger partial charge in [0.1, 0.15) is 11.6 Å². The predicted octanol–water partition coefficient (Wildman–Crippen LogP) is 3.16. The Morgan fingerprint density at radius 1 is 1.12 bits per heavy atom. The van der Waals surface area contributed by atoms with Crippen molar-refractivity contribution in [3.63, 3.8) is 0 Å². The van der Waals surface area contributed by atoms with E-state index in [1.807, 2.05) is 6.08 Å². The van der Waals surface area contributed by atoms with Gasteiger partial charge in [0.05, 0.1) is 5.92 Å². The highest BCUT2D eigenvalue weighted by Crippen LogP contribution is 2.35. The Morgan fingerprint density at radius 2 is 1.62 bits per heavy atom. The minimum absolute atomic E-state index is 0.0111. The maximum atomic E-state index is 11.6. The van der Waals surface area contributed by atoms with E-state index in [0.717, 1.165) is 12.8 Å². The van der Waals surface area contributed by atoms with E-state index in [1.54, 1.807) is 0 Å². The summed E-state index contributed by atoms with van der Waals surface area (Å²) in [6, 6.07) is 0. The van der Waals surface area contributed by atoms with Crippen LogP contribution in [0.4, 0.5) is 0 Å². The number of carbonyl (C=O) groups is 2. The molecule has 1 saturated carbocycles. The zero-order valence-corrected chi connectivity index (χ0v) is 10.4. The van der Waals surface area contributed by atoms with Gasteiger partial charge < -0.3 is 0 Å². The van der Waals surface area contributed by atoms with Crippen molar-refractivity contribution in [2.24, 2.45) is 17.8 Å². The van der Waals surface area contributed by atoms with Gasteiger partial charge in [0, 0.05) is 0 Å². The number of hydrogen-bond donors (Lipinski definition) is 0. The van der Waals surface area contributed by atoms with Crippen LogP contribution in [0.25, 0.3) is 0 Å². The number of Topliss-reactive ketones (excluding diaryl/α,β-unsaturated/α-hetero) is 2. The minimum Gasteiger partial charge on any atom is -0.299 e. The lowest BCUT2D eigenvalue weighted by Gasteiger charge is -2.31. The lowest BCUT2D eigenvalue weighted by Crippen LogP contribution is -2.33. The Labute approximate surface area is 98.1 Å². The lowest BCUT2D eigenvalue weighted by molar-refractivity contribution is -0.132. The molecular formula is C14H22O2. The fourth-order valence-corrected chi connectivity index (χ4v) is 2.95. The maximum Gasteiger partial charge on any atom is 0.140 e. The Morgan fingerprint density at radius 3 is 2.00 bits per heavy atom. The number of ketones is 2. The number of carbonyl (C=O) groups excluding carboxylic acids is 2. The van der Waals surface area contributed by atoms with Crippen molar-refractivity contribution in [1.82, 2.24) is 0 Å². The molecular weight excluding hydrogens is 200 g/mol. The van der Waals surface area contributed by atoms with Crippen LogP contribution in [0.2, 0.25) is 0 Å². The molecule has 0 bridgehead atoms. The Bertz CT molecular complexity index is 260. The van der Waals surface area contributed by atoms with Crippen LogP contribution in [-0.2, 0) is 9.59 Å². The molecule has 0 N–H and O–H groups in total. The van der Waals surface area contributed by atoms with Crippen LogP contribution in [0.1, 0.15) is 46.0 Å². The third kappa shape index (κ3) is 3.03. The Kier molecular flexibility index (Phi) is 4.91. The molecule has 2 heteroatoms. The predicted molar refractivity (Wildman–Crippen MR) is 65.1 cm³/mol. The normalized spacial score (nSPS) is 19.4. The van der Waals surface area contributed by atoms with Crippen LogP contribution in [0.15, 0.2) is 12.7 Å². The molecule has 0 spiro atoms. The van der Waals surface area contributed by atoms with Crippen molar-refractivity contribution in [2.45, 2.75) is 46.0 Å². The molecule has 2 nitrogen and oxygen atoms in total. The van der Waals surface area contributed by atoms with Gasteiger partial charge in [-0.2, -0.15) is 0 Å². The molecule has 1 atom stereocenters. The molecule has 0 heterocycles. The van der Waals surface area contributed by atoms with Crippen LogP contribution in [0.5, 0.6) is 0 Å². The summed E-state index contributed by atoms with van der Waals surface area (Å²) in [6.45, 7) is 6.86. The average Bonchev–Trinajstić information content (AvgIpc) is 2.25. The second kappa shape index (κ2) is 5.97. The summed E-state index contributed by atoms with van der Waals surface area (Å²) in [4.78, 5) is 23.1. The SMILES string of the molecule is C=CC(C1CCCCC1)C(C(C)=O)C(C)=O. The fraction of sp³-hybridized carbons (Fsp3) is 0.714. The van der Waals surface area contributed by atoms with Crippen molar-refractivity contribution in [2.75, 3.05) is 0 Å². The summed E-state index contributed by atoms with van der Waals surface area (Å²) in [5.41, 5.74) is 0. The van der Waals surface area contributed by atoms with Gasteiger partial charge in [-0.1, -0.05) is 25.3 Å². The Balaban J connectivity index is 2.80. The highest BCUT2D eigenvalue weighted by Gasteiger charge is 2.33. The second-order valence-electron chi connectivity index (χ2n) is 4.91. The van der Waals surface area contributed by atoms with E-state index in [1.165, 1.54) is 33.1 Å². The molecule has 90 valence electrons. The average molecular weight is 222 g/mol. The van der Waals surface area contributed by atoms with E-state index in [2.05, 4.69) is 6.58 Å². The van der Waals surface area contributed by atoms with Gasteiger partial charge in [-0.15, -0.1) is 6.58 Å². The maximum absolute atomic E-state index is 11.6. The van der Waals surface area contributed by atoms with Crippen LogP contribution < -0.4 is 0 Å². The second-order valence-corrected chi connectivity index (χ2v) is 4.91. The van der Waals surface area contributed by atoms with E-state index < -0.39 is 5.92 Å². The summed E-state index contributed by atoms with van der Waals surface area (Å²) in [7, 11) is 0. The van der Waals surface area contributed by atoms with E-state index in [4.69, 9.17) is 0 Å². The fourth-order valence-electron chi connectivity index (χ4n) is 2.95. The molecule has 1 unspecified atom stereocenters. The van der Waals surface area contributed by atoms with Crippen molar-refractivity contribution in [1.29, 1.82) is 0 Å². The molecule has 0 aromatic heterocycles. The van der Waals surface area contributed by atoms with Gasteiger partial charge in [-0.25, -0.2) is 0 Å². The molecule has 0 aromatic rings. The zero-order valence-electron chi connectivity index (χ0n) is 10.4. The van der Waals surface area contributed by atoms with Crippen molar-refractivity contribution >= 4 is 11.6 Å². The third-order valence-corrected chi connectivity index (χ3v) is 3.73. The quantitative estimate of drug-likeness (QED) is 0.529. The molecule has 0 radical (unpaired) electrons. The van der Waals surface area contributed by atoms with Crippen molar-refractivity contribution in [3.8, 4) is 0 Å². The number of hydrogen-bond acceptors (Lipinski definition) is 2. The first-order chi connectivity index (χ1) is 7.57. The smallest absolute Gasteiger partial charge is 0.140 e. The summed E-state index contributed by atoms with van der Waals surface area (Å²) in [5.74, 6) is 0.0471. The van der Waals surface area contributed by atoms with E-state index in [9.17, 15) is 9.59 Å². The van der Waals surface area contributed by atoms with E-state index >= 15 is 0 Å². The van der Waals surface area contributed by atoms with Crippen LogP contribution in [0.3, 0.4) is 0 Å². The lowest BCUT2D eigenvalue weighted by atomic mass is 9.72. The Hall–Kier alpha value is -0.920. The molecule has 0 saturated heterocycles. The summed E-state index contributed by atoms with van der Waals surface area (Å²) < 4.78 is 0. The van der Waals surface area contributed by atoms with Gasteiger partial charge >= 0.3 is 0 Å². The molecule has 1 rings (SSSR count). The highest BCUT2D eigenvalue weighted by atomic mass is 16.1. The molecule has 16 heavy (non-hydrogen) atoms. The highest BCUT2D eigenvalue weighted by molar-refractivity contribution is 6.00. The standard InChI is InChI=1S/C14H22O2/c1-4-13(12-8-6-5-7-9-12)14(10(2)15)11(3)16/h4,12-14H,1,5-9H2,2-3H3. The van der Waals surface area contributed by atoms with Crippen LogP contribution >= 0.6 is 0 Å². The third-order valence-electron chi connectivity index (χ3n) is 3.73. The van der Waals surface area contributed by atoms with Crippen molar-refractivity contribution in [3.05, 3.63) is 12.7 Å². The largest absolute Gasteiger partial charge is 0.299 e. The molecule has 1 aliphatic rings. The van der Waals surface area contributed by atoms with Gasteiger partial charge in [0.2, 0.25) is 0 Å². The molecule has 0 aliphatic heterocycles. The van der Waals surface area contributed by atoms with Crippen LogP contribution in [-0.4, -0.2) is 11.6 Å². The van der Waals surface area contributed by atoms with Crippen LogP contribution in [0, 0.1) is 17.8 Å². The number of rotatable bonds is 5. The summed E-state index contributed by atoms with van der Waals surface area (Å²) >= 11 is 0. The summed E-state index contributed by atoms with van der Waals surface area (Å²) in [6.07, 6.45) is 7.81. The molecule has 1 aliphatic carbocycles. The summed E-state index contributed by atoms with van der Waals surface area (Å²) in [5, 5.41) is 0. The van der Waals surface area contributed by atoms with Gasteiger partial charge in [0.15, 0.2) is 0 Å². The van der Waals surface area contributed by atoms with Crippen molar-refractivity contribution < 1.29 is 9.59 Å². The first-order valence-corrected chi connectivity index (χ1v) is 6.21. The van der Waals surface area contributed by atoms with Gasteiger partial charge in [-0.3, -0.25) is 9.59 Å². The first kappa shape index (κ1) is 13.1. The van der Waals surface area contributed by atoms with Gasteiger partial charge in [0.25, 0.3) is 0 Å². The topological polar surface area (TPSA) is 34.1 Å². The zero-order chi connectivity index (χ0) is 12.1. The van der Waals surface area contributed by atoms with E-state index in [0.29, 0.717) is 5.92 Å². The molecule has 1 fully saturated rings. The minimum atomic E-state index is -0.458. The van der Waals surface area contributed by atoms with E-state index in [-0.39, 0.29) is 17.5 Å². The molecule has 0 amide bonds. The first-order valence-electron chi connectivity index (χ1n) is 6.21. The monoisotopic (exact) mass is 222 g/mol. The molecule has 0 aromatic carbocycles.